The summed E-state index contributed by atoms with van der Waals surface area (Å²) in [5.41, 5.74) is 0.148. The Morgan fingerprint density at radius 1 is 1.29 bits per heavy atom. The standard InChI is InChI=1S/C14H25ClO2/c1-2-13(15)4-3-12-5-8-17-14(11-12)6-9-16-10-7-14/h12-13H,2-11H2,1H3. The molecule has 2 unspecified atom stereocenters. The summed E-state index contributed by atoms with van der Waals surface area (Å²) in [4.78, 5) is 0. The van der Waals surface area contributed by atoms with Crippen molar-refractivity contribution in [1.29, 1.82) is 0 Å². The van der Waals surface area contributed by atoms with Gasteiger partial charge in [-0.3, -0.25) is 0 Å². The van der Waals surface area contributed by atoms with Crippen LogP contribution in [0.4, 0.5) is 0 Å². The molecule has 2 rings (SSSR count). The molecule has 0 radical (unpaired) electrons. The summed E-state index contributed by atoms with van der Waals surface area (Å²) in [6, 6.07) is 0. The van der Waals surface area contributed by atoms with E-state index in [1.165, 1.54) is 19.3 Å². The van der Waals surface area contributed by atoms with Crippen LogP contribution in [-0.4, -0.2) is 30.8 Å². The van der Waals surface area contributed by atoms with Crippen molar-refractivity contribution in [2.75, 3.05) is 19.8 Å². The predicted molar refractivity (Wildman–Crippen MR) is 70.6 cm³/mol. The fraction of sp³-hybridized carbons (Fsp3) is 1.00. The second-order valence-electron chi connectivity index (χ2n) is 5.59. The Kier molecular flexibility index (Phi) is 5.13. The summed E-state index contributed by atoms with van der Waals surface area (Å²) in [6.07, 6.45) is 8.13. The van der Waals surface area contributed by atoms with Gasteiger partial charge in [-0.25, -0.2) is 0 Å². The summed E-state index contributed by atoms with van der Waals surface area (Å²) in [5.74, 6) is 0.814. The number of hydrogen-bond acceptors (Lipinski definition) is 2. The van der Waals surface area contributed by atoms with Gasteiger partial charge in [0.25, 0.3) is 0 Å². The zero-order valence-electron chi connectivity index (χ0n) is 10.9. The Labute approximate surface area is 110 Å². The first-order valence-corrected chi connectivity index (χ1v) is 7.53. The molecule has 100 valence electrons. The summed E-state index contributed by atoms with van der Waals surface area (Å²) < 4.78 is 11.5. The van der Waals surface area contributed by atoms with Gasteiger partial charge < -0.3 is 9.47 Å². The molecular weight excluding hydrogens is 236 g/mol. The molecule has 17 heavy (non-hydrogen) atoms. The average Bonchev–Trinajstić information content (AvgIpc) is 2.37. The van der Waals surface area contributed by atoms with Crippen LogP contribution in [-0.2, 0) is 9.47 Å². The fourth-order valence-corrected chi connectivity index (χ4v) is 3.21. The summed E-state index contributed by atoms with van der Waals surface area (Å²) in [7, 11) is 0. The molecule has 2 fully saturated rings. The van der Waals surface area contributed by atoms with Gasteiger partial charge in [0.2, 0.25) is 0 Å². The minimum absolute atomic E-state index is 0.148. The van der Waals surface area contributed by atoms with Crippen LogP contribution in [0.5, 0.6) is 0 Å². The van der Waals surface area contributed by atoms with E-state index in [2.05, 4.69) is 6.92 Å². The third kappa shape index (κ3) is 3.84. The van der Waals surface area contributed by atoms with Crippen molar-refractivity contribution in [3.8, 4) is 0 Å². The predicted octanol–water partition coefficient (Wildman–Crippen LogP) is 3.76. The van der Waals surface area contributed by atoms with Crippen molar-refractivity contribution in [2.45, 2.75) is 62.8 Å². The maximum atomic E-state index is 6.21. The Balaban J connectivity index is 1.79. The lowest BCUT2D eigenvalue weighted by Gasteiger charge is -2.43. The second-order valence-corrected chi connectivity index (χ2v) is 6.20. The van der Waals surface area contributed by atoms with Crippen molar-refractivity contribution >= 4 is 11.6 Å². The van der Waals surface area contributed by atoms with E-state index in [4.69, 9.17) is 21.1 Å². The van der Waals surface area contributed by atoms with E-state index < -0.39 is 0 Å². The van der Waals surface area contributed by atoms with Gasteiger partial charge in [-0.05, 0) is 50.9 Å². The Bertz CT molecular complexity index is 221. The summed E-state index contributed by atoms with van der Waals surface area (Å²) in [6.45, 7) is 4.85. The van der Waals surface area contributed by atoms with Gasteiger partial charge in [-0.1, -0.05) is 6.92 Å². The molecule has 2 atom stereocenters. The molecule has 2 aliphatic heterocycles. The summed E-state index contributed by atoms with van der Waals surface area (Å²) in [5, 5.41) is 0.364. The van der Waals surface area contributed by atoms with Crippen LogP contribution in [0.1, 0.15) is 51.9 Å². The van der Waals surface area contributed by atoms with Gasteiger partial charge in [0.05, 0.1) is 5.60 Å². The lowest BCUT2D eigenvalue weighted by atomic mass is 9.79. The van der Waals surface area contributed by atoms with E-state index in [9.17, 15) is 0 Å². The first kappa shape index (κ1) is 13.6. The molecule has 0 aromatic carbocycles. The highest BCUT2D eigenvalue weighted by Crippen LogP contribution is 2.38. The molecule has 1 spiro atoms. The number of rotatable bonds is 4. The SMILES string of the molecule is CCC(Cl)CCC1CCOC2(CCOCC2)C1. The van der Waals surface area contributed by atoms with E-state index in [1.807, 2.05) is 0 Å². The first-order valence-electron chi connectivity index (χ1n) is 7.10. The van der Waals surface area contributed by atoms with Crippen molar-refractivity contribution < 1.29 is 9.47 Å². The molecule has 2 heterocycles. The molecule has 0 saturated carbocycles. The van der Waals surface area contributed by atoms with Gasteiger partial charge in [-0.2, -0.15) is 0 Å². The van der Waals surface area contributed by atoms with Gasteiger partial charge in [0, 0.05) is 25.2 Å². The molecule has 2 aliphatic rings. The number of halogens is 1. The van der Waals surface area contributed by atoms with Gasteiger partial charge in [-0.15, -0.1) is 11.6 Å². The van der Waals surface area contributed by atoms with Crippen LogP contribution in [0, 0.1) is 5.92 Å². The maximum Gasteiger partial charge on any atom is 0.0729 e. The Morgan fingerprint density at radius 3 is 2.76 bits per heavy atom. The van der Waals surface area contributed by atoms with E-state index in [1.54, 1.807) is 0 Å². The minimum Gasteiger partial charge on any atom is -0.381 e. The molecule has 2 saturated heterocycles. The van der Waals surface area contributed by atoms with Crippen molar-refractivity contribution in [3.63, 3.8) is 0 Å². The molecule has 0 bridgehead atoms. The van der Waals surface area contributed by atoms with Crippen LogP contribution in [0.15, 0.2) is 0 Å². The van der Waals surface area contributed by atoms with E-state index >= 15 is 0 Å². The van der Waals surface area contributed by atoms with Crippen LogP contribution in [0.25, 0.3) is 0 Å². The Morgan fingerprint density at radius 2 is 2.06 bits per heavy atom. The molecule has 2 nitrogen and oxygen atoms in total. The largest absolute Gasteiger partial charge is 0.381 e. The molecule has 0 aliphatic carbocycles. The van der Waals surface area contributed by atoms with Crippen molar-refractivity contribution in [2.24, 2.45) is 5.92 Å². The van der Waals surface area contributed by atoms with Crippen LogP contribution >= 0.6 is 11.6 Å². The smallest absolute Gasteiger partial charge is 0.0729 e. The monoisotopic (exact) mass is 260 g/mol. The number of ether oxygens (including phenoxy) is 2. The molecule has 3 heteroatoms. The highest BCUT2D eigenvalue weighted by atomic mass is 35.5. The maximum absolute atomic E-state index is 6.21. The highest BCUT2D eigenvalue weighted by Gasteiger charge is 2.38. The normalized spacial score (nSPS) is 30.4. The lowest BCUT2D eigenvalue weighted by Crippen LogP contribution is -2.44. The van der Waals surface area contributed by atoms with E-state index in [0.717, 1.165) is 51.4 Å². The Hall–Kier alpha value is 0.210. The highest BCUT2D eigenvalue weighted by molar-refractivity contribution is 6.20. The van der Waals surface area contributed by atoms with Gasteiger partial charge in [0.1, 0.15) is 0 Å². The van der Waals surface area contributed by atoms with Crippen LogP contribution in [0.3, 0.4) is 0 Å². The van der Waals surface area contributed by atoms with Crippen LogP contribution in [0.2, 0.25) is 0 Å². The molecule has 0 aromatic rings. The van der Waals surface area contributed by atoms with Crippen molar-refractivity contribution in [3.05, 3.63) is 0 Å². The third-order valence-electron chi connectivity index (χ3n) is 4.33. The topological polar surface area (TPSA) is 18.5 Å². The first-order chi connectivity index (χ1) is 8.24. The quantitative estimate of drug-likeness (QED) is 0.717. The van der Waals surface area contributed by atoms with E-state index in [-0.39, 0.29) is 5.60 Å². The van der Waals surface area contributed by atoms with Crippen LogP contribution < -0.4 is 0 Å². The van der Waals surface area contributed by atoms with E-state index in [0.29, 0.717) is 5.38 Å². The zero-order valence-corrected chi connectivity index (χ0v) is 11.7. The van der Waals surface area contributed by atoms with Crippen molar-refractivity contribution in [1.82, 2.24) is 0 Å². The summed E-state index contributed by atoms with van der Waals surface area (Å²) >= 11 is 6.21. The number of hydrogen-bond donors (Lipinski definition) is 0. The third-order valence-corrected chi connectivity index (χ3v) is 4.86. The second kappa shape index (κ2) is 6.40. The van der Waals surface area contributed by atoms with Gasteiger partial charge in [0.15, 0.2) is 0 Å². The molecule has 0 N–H and O–H groups in total. The fourth-order valence-electron chi connectivity index (χ4n) is 3.09. The van der Waals surface area contributed by atoms with Gasteiger partial charge >= 0.3 is 0 Å². The average molecular weight is 261 g/mol. The molecule has 0 aromatic heterocycles. The molecule has 0 amide bonds. The minimum atomic E-state index is 0.148. The lowest BCUT2D eigenvalue weighted by molar-refractivity contribution is -0.147. The zero-order chi connectivity index (χ0) is 12.1. The number of alkyl halides is 1. The molecular formula is C14H25ClO2.